The van der Waals surface area contributed by atoms with Crippen molar-refractivity contribution in [3.05, 3.63) is 24.3 Å². The number of hydrogen-bond acceptors (Lipinski definition) is 8. The van der Waals surface area contributed by atoms with Crippen molar-refractivity contribution in [3.8, 4) is 0 Å². The highest BCUT2D eigenvalue weighted by molar-refractivity contribution is 5.76. The van der Waals surface area contributed by atoms with E-state index in [0.29, 0.717) is 6.42 Å². The van der Waals surface area contributed by atoms with Gasteiger partial charge in [-0.15, -0.1) is 0 Å². The Bertz CT molecular complexity index is 914. The van der Waals surface area contributed by atoms with Gasteiger partial charge in [0.15, 0.2) is 6.29 Å². The summed E-state index contributed by atoms with van der Waals surface area (Å²) in [4.78, 5) is 12.9. The summed E-state index contributed by atoms with van der Waals surface area (Å²) in [6, 6.07) is -0.816. The second kappa shape index (κ2) is 37.0. The first-order chi connectivity index (χ1) is 26.8. The van der Waals surface area contributed by atoms with Crippen LogP contribution in [0.4, 0.5) is 0 Å². The first kappa shape index (κ1) is 51.7. The molecule has 0 aromatic carbocycles. The fourth-order valence-corrected chi connectivity index (χ4v) is 7.29. The Morgan fingerprint density at radius 2 is 1.04 bits per heavy atom. The predicted octanol–water partition coefficient (Wildman–Crippen LogP) is 9.50. The Morgan fingerprint density at radius 1 is 0.600 bits per heavy atom. The number of rotatable bonds is 38. The van der Waals surface area contributed by atoms with Gasteiger partial charge in [-0.2, -0.15) is 0 Å². The van der Waals surface area contributed by atoms with Crippen molar-refractivity contribution in [1.82, 2.24) is 5.32 Å². The summed E-state index contributed by atoms with van der Waals surface area (Å²) >= 11 is 0. The highest BCUT2D eigenvalue weighted by Gasteiger charge is 2.44. The predicted molar refractivity (Wildman–Crippen MR) is 226 cm³/mol. The number of unbranched alkanes of at least 4 members (excludes halogenated alkanes) is 26. The molecule has 0 bridgehead atoms. The van der Waals surface area contributed by atoms with Gasteiger partial charge < -0.3 is 40.3 Å². The molecule has 324 valence electrons. The van der Waals surface area contributed by atoms with Crippen LogP contribution in [0.15, 0.2) is 24.3 Å². The maximum atomic E-state index is 12.9. The molecule has 0 aliphatic carbocycles. The molecule has 0 saturated carbocycles. The van der Waals surface area contributed by atoms with Crippen molar-refractivity contribution >= 4 is 5.91 Å². The van der Waals surface area contributed by atoms with Gasteiger partial charge in [0.05, 0.1) is 25.4 Å². The Hall–Kier alpha value is -1.33. The molecule has 1 saturated heterocycles. The topological polar surface area (TPSA) is 149 Å². The standard InChI is InChI=1S/C46H87NO8/c1-3-5-7-9-11-13-15-17-19-20-21-22-23-25-27-29-31-33-35-40(49)39(38-54-46-45(53)44(52)43(51)41(37-48)55-46)47-42(50)36-34-32-30-28-26-24-18-16-14-12-10-8-6-4-2/h25,27,33,35,39-41,43-46,48-49,51-53H,3-24,26,28-32,34,36-38H2,1-2H3,(H,47,50)/b27-25+,35-33+. The molecule has 1 heterocycles. The molecule has 1 aliphatic heterocycles. The number of allylic oxidation sites excluding steroid dienone is 3. The number of carbonyl (C=O) groups excluding carboxylic acids is 1. The zero-order valence-electron chi connectivity index (χ0n) is 35.4. The number of carbonyl (C=O) groups is 1. The van der Waals surface area contributed by atoms with Crippen LogP contribution in [0.1, 0.15) is 206 Å². The number of amides is 1. The van der Waals surface area contributed by atoms with Gasteiger partial charge in [0, 0.05) is 6.42 Å². The van der Waals surface area contributed by atoms with E-state index in [1.807, 2.05) is 6.08 Å². The third-order valence-corrected chi connectivity index (χ3v) is 11.0. The molecule has 6 N–H and O–H groups in total. The van der Waals surface area contributed by atoms with E-state index in [9.17, 15) is 30.3 Å². The van der Waals surface area contributed by atoms with Crippen LogP contribution < -0.4 is 5.32 Å². The van der Waals surface area contributed by atoms with E-state index >= 15 is 0 Å². The third kappa shape index (κ3) is 27.9. The molecule has 0 spiro atoms. The van der Waals surface area contributed by atoms with Gasteiger partial charge in [0.2, 0.25) is 5.91 Å². The van der Waals surface area contributed by atoms with Crippen molar-refractivity contribution in [2.24, 2.45) is 0 Å². The minimum absolute atomic E-state index is 0.186. The van der Waals surface area contributed by atoms with Crippen LogP contribution in [0.5, 0.6) is 0 Å². The second-order valence-electron chi connectivity index (χ2n) is 16.2. The summed E-state index contributed by atoms with van der Waals surface area (Å²) in [5.41, 5.74) is 0. The zero-order chi connectivity index (χ0) is 40.2. The molecular weight excluding hydrogens is 695 g/mol. The van der Waals surface area contributed by atoms with Crippen molar-refractivity contribution in [3.63, 3.8) is 0 Å². The number of hydrogen-bond donors (Lipinski definition) is 6. The molecule has 0 radical (unpaired) electrons. The fourth-order valence-electron chi connectivity index (χ4n) is 7.29. The van der Waals surface area contributed by atoms with Gasteiger partial charge in [-0.3, -0.25) is 4.79 Å². The van der Waals surface area contributed by atoms with Crippen LogP contribution in [0.25, 0.3) is 0 Å². The van der Waals surface area contributed by atoms with Crippen LogP contribution in [-0.2, 0) is 14.3 Å². The van der Waals surface area contributed by atoms with Crippen molar-refractivity contribution < 1.29 is 39.8 Å². The molecule has 0 aromatic rings. The normalized spacial score (nSPS) is 21.5. The van der Waals surface area contributed by atoms with Crippen LogP contribution >= 0.6 is 0 Å². The van der Waals surface area contributed by atoms with E-state index in [-0.39, 0.29) is 12.5 Å². The van der Waals surface area contributed by atoms with E-state index < -0.39 is 49.5 Å². The maximum absolute atomic E-state index is 12.9. The minimum atomic E-state index is -1.57. The monoisotopic (exact) mass is 782 g/mol. The fraction of sp³-hybridized carbons (Fsp3) is 0.891. The maximum Gasteiger partial charge on any atom is 0.220 e. The summed E-state index contributed by atoms with van der Waals surface area (Å²) in [6.07, 6.45) is 36.5. The van der Waals surface area contributed by atoms with Crippen LogP contribution in [-0.4, -0.2) is 87.5 Å². The first-order valence-corrected chi connectivity index (χ1v) is 23.1. The van der Waals surface area contributed by atoms with Gasteiger partial charge in [-0.05, 0) is 32.1 Å². The van der Waals surface area contributed by atoms with E-state index in [2.05, 4.69) is 31.3 Å². The number of ether oxygens (including phenoxy) is 2. The number of aliphatic hydroxyl groups is 5. The number of aliphatic hydroxyl groups excluding tert-OH is 5. The van der Waals surface area contributed by atoms with Crippen molar-refractivity contribution in [2.45, 2.75) is 249 Å². The van der Waals surface area contributed by atoms with Gasteiger partial charge in [-0.25, -0.2) is 0 Å². The second-order valence-corrected chi connectivity index (χ2v) is 16.2. The summed E-state index contributed by atoms with van der Waals surface area (Å²) in [6.45, 7) is 3.76. The van der Waals surface area contributed by atoms with Crippen LogP contribution in [0, 0.1) is 0 Å². The number of nitrogens with one attached hydrogen (secondary N) is 1. The van der Waals surface area contributed by atoms with Gasteiger partial charge >= 0.3 is 0 Å². The Balaban J connectivity index is 2.38. The Kier molecular flexibility index (Phi) is 34.7. The van der Waals surface area contributed by atoms with E-state index in [1.165, 1.54) is 148 Å². The van der Waals surface area contributed by atoms with E-state index in [0.717, 1.165) is 38.5 Å². The van der Waals surface area contributed by atoms with Crippen molar-refractivity contribution in [2.75, 3.05) is 13.2 Å². The molecule has 9 nitrogen and oxygen atoms in total. The molecule has 55 heavy (non-hydrogen) atoms. The zero-order valence-corrected chi connectivity index (χ0v) is 35.4. The summed E-state index contributed by atoms with van der Waals surface area (Å²) < 4.78 is 11.2. The lowest BCUT2D eigenvalue weighted by atomic mass is 9.99. The highest BCUT2D eigenvalue weighted by Crippen LogP contribution is 2.22. The Morgan fingerprint density at radius 3 is 1.53 bits per heavy atom. The molecule has 1 fully saturated rings. The first-order valence-electron chi connectivity index (χ1n) is 23.1. The Labute approximate surface area is 337 Å². The smallest absolute Gasteiger partial charge is 0.220 e. The lowest BCUT2D eigenvalue weighted by Crippen LogP contribution is -2.60. The van der Waals surface area contributed by atoms with Crippen LogP contribution in [0.3, 0.4) is 0 Å². The average Bonchev–Trinajstić information content (AvgIpc) is 3.18. The van der Waals surface area contributed by atoms with E-state index in [1.54, 1.807) is 6.08 Å². The highest BCUT2D eigenvalue weighted by atomic mass is 16.7. The van der Waals surface area contributed by atoms with Crippen molar-refractivity contribution in [1.29, 1.82) is 0 Å². The van der Waals surface area contributed by atoms with Gasteiger partial charge in [-0.1, -0.05) is 192 Å². The lowest BCUT2D eigenvalue weighted by molar-refractivity contribution is -0.302. The SMILES string of the molecule is CCCCCCCCCCCCCC/C=C/CC/C=C/C(O)C(COC1OC(CO)C(O)C(O)C1O)NC(=O)CCCCCCCCCCCCCCCC. The molecule has 1 rings (SSSR count). The molecule has 0 aromatic heterocycles. The molecule has 7 atom stereocenters. The molecule has 1 amide bonds. The van der Waals surface area contributed by atoms with Crippen LogP contribution in [0.2, 0.25) is 0 Å². The molecular formula is C46H87NO8. The lowest BCUT2D eigenvalue weighted by Gasteiger charge is -2.40. The summed E-state index contributed by atoms with van der Waals surface area (Å²) in [5, 5.41) is 54.1. The largest absolute Gasteiger partial charge is 0.394 e. The molecule has 9 heteroatoms. The quantitative estimate of drug-likeness (QED) is 0.0268. The van der Waals surface area contributed by atoms with Gasteiger partial charge in [0.1, 0.15) is 24.4 Å². The summed E-state index contributed by atoms with van der Waals surface area (Å²) in [5.74, 6) is -0.186. The minimum Gasteiger partial charge on any atom is -0.394 e. The summed E-state index contributed by atoms with van der Waals surface area (Å²) in [7, 11) is 0. The van der Waals surface area contributed by atoms with Gasteiger partial charge in [0.25, 0.3) is 0 Å². The third-order valence-electron chi connectivity index (χ3n) is 11.0. The molecule has 1 aliphatic rings. The molecule has 7 unspecified atom stereocenters. The van der Waals surface area contributed by atoms with E-state index in [4.69, 9.17) is 9.47 Å². The average molecular weight is 782 g/mol.